The fourth-order valence-electron chi connectivity index (χ4n) is 2.75. The quantitative estimate of drug-likeness (QED) is 0.553. The maximum absolute atomic E-state index is 11.5. The highest BCUT2D eigenvalue weighted by Crippen LogP contribution is 2.29. The van der Waals surface area contributed by atoms with Crippen molar-refractivity contribution in [2.75, 3.05) is 5.32 Å². The third-order valence-corrected chi connectivity index (χ3v) is 3.99. The van der Waals surface area contributed by atoms with Crippen molar-refractivity contribution < 1.29 is 4.79 Å². The van der Waals surface area contributed by atoms with E-state index in [-0.39, 0.29) is 5.91 Å². The Kier molecular flexibility index (Phi) is 3.99. The Bertz CT molecular complexity index is 1100. The lowest BCUT2D eigenvalue weighted by molar-refractivity contribution is -0.111. The highest BCUT2D eigenvalue weighted by Gasteiger charge is 2.11. The summed E-state index contributed by atoms with van der Waals surface area (Å²) in [4.78, 5) is 20.2. The second-order valence-electron chi connectivity index (χ2n) is 5.70. The van der Waals surface area contributed by atoms with Crippen molar-refractivity contribution in [3.8, 4) is 22.5 Å². The largest absolute Gasteiger partial charge is 0.323 e. The molecule has 1 amide bonds. The Morgan fingerprint density at radius 2 is 2.00 bits per heavy atom. The number of aromatic amines is 1. The van der Waals surface area contributed by atoms with Gasteiger partial charge in [0.15, 0.2) is 0 Å². The molecule has 1 aromatic carbocycles. The number of carbonyl (C=O) groups excluding carboxylic acids is 1. The number of fused-ring (bicyclic) bond motifs is 1. The van der Waals surface area contributed by atoms with Gasteiger partial charge >= 0.3 is 0 Å². The van der Waals surface area contributed by atoms with Crippen molar-refractivity contribution in [1.29, 1.82) is 0 Å². The van der Waals surface area contributed by atoms with E-state index in [0.717, 1.165) is 33.4 Å². The van der Waals surface area contributed by atoms with Crippen LogP contribution in [0.5, 0.6) is 0 Å². The van der Waals surface area contributed by atoms with E-state index in [4.69, 9.17) is 0 Å². The number of hydrogen-bond donors (Lipinski definition) is 2. The number of benzene rings is 1. The third kappa shape index (κ3) is 2.95. The van der Waals surface area contributed by atoms with Crippen molar-refractivity contribution in [2.24, 2.45) is 0 Å². The Labute approximate surface area is 149 Å². The average molecular weight is 341 g/mol. The van der Waals surface area contributed by atoms with Crippen LogP contribution in [0, 0.1) is 0 Å². The molecule has 0 spiro atoms. The van der Waals surface area contributed by atoms with E-state index in [0.29, 0.717) is 5.69 Å². The standard InChI is InChI=1S/C20H15N5O/c1-2-19(26)23-15-7-3-5-13(9-15)17-10-16-18(12-22-17)24-25-20(16)14-6-4-8-21-11-14/h2-12H,1H2,(H,23,26)(H,24,25). The van der Waals surface area contributed by atoms with E-state index >= 15 is 0 Å². The van der Waals surface area contributed by atoms with E-state index in [2.05, 4.69) is 32.1 Å². The first-order chi connectivity index (χ1) is 12.7. The summed E-state index contributed by atoms with van der Waals surface area (Å²) >= 11 is 0. The number of hydrogen-bond acceptors (Lipinski definition) is 4. The summed E-state index contributed by atoms with van der Waals surface area (Å²) in [5.74, 6) is -0.251. The molecular weight excluding hydrogens is 326 g/mol. The van der Waals surface area contributed by atoms with E-state index in [9.17, 15) is 4.79 Å². The van der Waals surface area contributed by atoms with Crippen LogP contribution in [-0.2, 0) is 4.79 Å². The Morgan fingerprint density at radius 1 is 1.12 bits per heavy atom. The zero-order valence-corrected chi connectivity index (χ0v) is 13.8. The Morgan fingerprint density at radius 3 is 2.81 bits per heavy atom. The minimum absolute atomic E-state index is 0.251. The van der Waals surface area contributed by atoms with Crippen LogP contribution in [0.4, 0.5) is 5.69 Å². The van der Waals surface area contributed by atoms with Crippen LogP contribution in [0.2, 0.25) is 0 Å². The number of amides is 1. The molecule has 4 rings (SSSR count). The molecule has 0 fully saturated rings. The van der Waals surface area contributed by atoms with E-state index in [1.165, 1.54) is 6.08 Å². The zero-order chi connectivity index (χ0) is 17.9. The molecule has 3 heterocycles. The molecule has 0 radical (unpaired) electrons. The number of nitrogens with zero attached hydrogens (tertiary/aromatic N) is 3. The lowest BCUT2D eigenvalue weighted by Crippen LogP contribution is -2.07. The minimum atomic E-state index is -0.251. The molecule has 0 bridgehead atoms. The summed E-state index contributed by atoms with van der Waals surface area (Å²) in [7, 11) is 0. The SMILES string of the molecule is C=CC(=O)Nc1cccc(-c2cc3c(-c4cccnc4)n[nH]c3cn2)c1. The van der Waals surface area contributed by atoms with E-state index in [1.54, 1.807) is 18.6 Å². The maximum atomic E-state index is 11.5. The fraction of sp³-hybridized carbons (Fsp3) is 0. The zero-order valence-electron chi connectivity index (χ0n) is 13.8. The molecule has 4 aromatic rings. The number of rotatable bonds is 4. The highest BCUT2D eigenvalue weighted by molar-refractivity contribution is 5.99. The molecule has 0 aliphatic heterocycles. The summed E-state index contributed by atoms with van der Waals surface area (Å²) in [6.07, 6.45) is 6.50. The minimum Gasteiger partial charge on any atom is -0.323 e. The first kappa shape index (κ1) is 15.7. The number of aromatic nitrogens is 4. The fourth-order valence-corrected chi connectivity index (χ4v) is 2.75. The summed E-state index contributed by atoms with van der Waals surface area (Å²) in [5, 5.41) is 11.1. The van der Waals surface area contributed by atoms with Crippen LogP contribution < -0.4 is 5.32 Å². The van der Waals surface area contributed by atoms with Gasteiger partial charge in [-0.05, 0) is 36.4 Å². The van der Waals surface area contributed by atoms with E-state index < -0.39 is 0 Å². The van der Waals surface area contributed by atoms with Gasteiger partial charge in [0.25, 0.3) is 0 Å². The molecule has 0 atom stereocenters. The van der Waals surface area contributed by atoms with Crippen LogP contribution >= 0.6 is 0 Å². The number of nitrogens with one attached hydrogen (secondary N) is 2. The van der Waals surface area contributed by atoms with Crippen LogP contribution in [0.3, 0.4) is 0 Å². The van der Waals surface area contributed by atoms with Gasteiger partial charge in [-0.15, -0.1) is 0 Å². The van der Waals surface area contributed by atoms with Gasteiger partial charge in [-0.3, -0.25) is 19.9 Å². The van der Waals surface area contributed by atoms with Gasteiger partial charge in [-0.25, -0.2) is 0 Å². The molecule has 0 aliphatic rings. The number of pyridine rings is 2. The lowest BCUT2D eigenvalue weighted by atomic mass is 10.1. The topological polar surface area (TPSA) is 83.6 Å². The van der Waals surface area contributed by atoms with Gasteiger partial charge in [0, 0.05) is 34.6 Å². The molecule has 0 saturated heterocycles. The monoisotopic (exact) mass is 341 g/mol. The van der Waals surface area contributed by atoms with Crippen molar-refractivity contribution in [1.82, 2.24) is 20.2 Å². The lowest BCUT2D eigenvalue weighted by Gasteiger charge is -2.06. The first-order valence-electron chi connectivity index (χ1n) is 8.03. The van der Waals surface area contributed by atoms with Gasteiger partial charge in [0.1, 0.15) is 5.69 Å². The maximum Gasteiger partial charge on any atom is 0.247 e. The smallest absolute Gasteiger partial charge is 0.247 e. The molecule has 6 heteroatoms. The predicted molar refractivity (Wildman–Crippen MR) is 101 cm³/mol. The van der Waals surface area contributed by atoms with Crippen molar-refractivity contribution in [2.45, 2.75) is 0 Å². The van der Waals surface area contributed by atoms with Crippen LogP contribution in [0.1, 0.15) is 0 Å². The molecule has 0 aliphatic carbocycles. The number of anilines is 1. The number of H-pyrrole nitrogens is 1. The second-order valence-corrected chi connectivity index (χ2v) is 5.70. The molecule has 0 unspecified atom stereocenters. The second kappa shape index (κ2) is 6.60. The van der Waals surface area contributed by atoms with Crippen LogP contribution in [-0.4, -0.2) is 26.1 Å². The third-order valence-electron chi connectivity index (χ3n) is 3.99. The Hall–Kier alpha value is -3.80. The average Bonchev–Trinajstić information content (AvgIpc) is 3.12. The summed E-state index contributed by atoms with van der Waals surface area (Å²) in [5.41, 5.74) is 4.99. The van der Waals surface area contributed by atoms with E-state index in [1.807, 2.05) is 42.5 Å². The van der Waals surface area contributed by atoms with Gasteiger partial charge < -0.3 is 5.32 Å². The van der Waals surface area contributed by atoms with Crippen molar-refractivity contribution in [3.63, 3.8) is 0 Å². The Balaban J connectivity index is 1.77. The molecule has 126 valence electrons. The predicted octanol–water partition coefficient (Wildman–Crippen LogP) is 3.81. The first-order valence-corrected chi connectivity index (χ1v) is 8.03. The van der Waals surface area contributed by atoms with Crippen molar-refractivity contribution >= 4 is 22.5 Å². The molecule has 6 nitrogen and oxygen atoms in total. The van der Waals surface area contributed by atoms with Gasteiger partial charge in [-0.1, -0.05) is 18.7 Å². The van der Waals surface area contributed by atoms with Gasteiger partial charge in [0.2, 0.25) is 5.91 Å². The van der Waals surface area contributed by atoms with Crippen molar-refractivity contribution in [3.05, 3.63) is 73.7 Å². The molecule has 2 N–H and O–H groups in total. The normalized spacial score (nSPS) is 10.6. The highest BCUT2D eigenvalue weighted by atomic mass is 16.1. The van der Waals surface area contributed by atoms with Crippen LogP contribution in [0.25, 0.3) is 33.4 Å². The summed E-state index contributed by atoms with van der Waals surface area (Å²) < 4.78 is 0. The summed E-state index contributed by atoms with van der Waals surface area (Å²) in [6.45, 7) is 3.46. The molecule has 3 aromatic heterocycles. The van der Waals surface area contributed by atoms with Crippen LogP contribution in [0.15, 0.2) is 73.7 Å². The molecule has 0 saturated carbocycles. The molecular formula is C20H15N5O. The van der Waals surface area contributed by atoms with Gasteiger partial charge in [0.05, 0.1) is 17.4 Å². The molecule has 26 heavy (non-hydrogen) atoms. The van der Waals surface area contributed by atoms with Gasteiger partial charge in [-0.2, -0.15) is 5.10 Å². The number of carbonyl (C=O) groups is 1. The summed E-state index contributed by atoms with van der Waals surface area (Å²) in [6, 6.07) is 13.3.